The van der Waals surface area contributed by atoms with Gasteiger partial charge < -0.3 is 17.3 Å². The van der Waals surface area contributed by atoms with Crippen molar-refractivity contribution in [2.45, 2.75) is 50.2 Å². The van der Waals surface area contributed by atoms with Crippen LogP contribution >= 0.6 is 18.6 Å². The van der Waals surface area contributed by atoms with Crippen molar-refractivity contribution in [2.24, 2.45) is 23.7 Å². The van der Waals surface area contributed by atoms with Gasteiger partial charge in [0.15, 0.2) is 0 Å². The second-order valence-corrected chi connectivity index (χ2v) is 18.4. The Kier molecular flexibility index (Phi) is 9.18. The van der Waals surface area contributed by atoms with E-state index in [1.807, 2.05) is 0 Å². The minimum absolute atomic E-state index is 0. The molecule has 6 atom stereocenters. The predicted octanol–water partition coefficient (Wildman–Crippen LogP) is 8.93. The van der Waals surface area contributed by atoms with Crippen molar-refractivity contribution in [3.63, 3.8) is 0 Å². The first kappa shape index (κ1) is 29.1. The summed E-state index contributed by atoms with van der Waals surface area (Å²) in [5.74, 6) is 2.48. The molecule has 0 aromatic heterocycles. The van der Waals surface area contributed by atoms with Crippen LogP contribution in [-0.2, 0) is 17.0 Å². The van der Waals surface area contributed by atoms with Crippen LogP contribution in [0, 0.1) is 31.1 Å². The second-order valence-electron chi connectivity index (χ2n) is 11.4. The first-order valence-electron chi connectivity index (χ1n) is 12.9. The molecule has 0 bridgehead atoms. The Bertz CT molecular complexity index is 1100. The number of halogens is 2. The molecule has 6 heteroatoms. The number of rotatable bonds is 3. The van der Waals surface area contributed by atoms with E-state index >= 15 is 0 Å². The Balaban J connectivity index is 0.000000765. The standard InChI is InChI=1S/C30H35N2Si.CH3.2ClH.Ti/c1-30(2)31-28-22(21-13-6-5-7-14-21)19-12-20-27(28)32(30)33(3,4)29-25-17-10-8-15-23(25)24-16-9-11-18-26(24)29;;;;/h5-20,23-29H,1-4H3;1H3;2*1H;/q2*-1;;;+2/p-2/t23?,24?,25?,26?,27-,28?,29?;;;;/m1..../s1. The zero-order valence-corrected chi connectivity index (χ0v) is 26.5. The summed E-state index contributed by atoms with van der Waals surface area (Å²) in [7, 11) is 7.84. The van der Waals surface area contributed by atoms with Crippen molar-refractivity contribution in [3.05, 3.63) is 115 Å². The molecule has 1 aliphatic heterocycles. The van der Waals surface area contributed by atoms with E-state index < -0.39 is 25.3 Å². The van der Waals surface area contributed by atoms with Gasteiger partial charge in [-0.2, -0.15) is 0 Å². The van der Waals surface area contributed by atoms with Crippen LogP contribution in [0.1, 0.15) is 19.4 Å². The van der Waals surface area contributed by atoms with Crippen LogP contribution in [0.3, 0.4) is 0 Å². The normalized spacial score (nSPS) is 34.4. The Morgan fingerprint density at radius 3 is 1.86 bits per heavy atom. The summed E-state index contributed by atoms with van der Waals surface area (Å²) >= 11 is -0.556. The zero-order valence-electron chi connectivity index (χ0n) is 22.4. The third-order valence-corrected chi connectivity index (χ3v) is 13.3. The van der Waals surface area contributed by atoms with Crippen LogP contribution in [0.4, 0.5) is 0 Å². The minimum atomic E-state index is -1.94. The Labute approximate surface area is 242 Å². The van der Waals surface area contributed by atoms with Gasteiger partial charge in [-0.25, -0.2) is 0 Å². The summed E-state index contributed by atoms with van der Waals surface area (Å²) in [5.41, 5.74) is 3.16. The zero-order chi connectivity index (χ0) is 25.5. The number of fused-ring (bicyclic) bond motifs is 4. The fraction of sp³-hybridized carbons (Fsp3) is 0.387. The molecule has 196 valence electrons. The molecule has 0 radical (unpaired) electrons. The van der Waals surface area contributed by atoms with E-state index in [4.69, 9.17) is 23.9 Å². The van der Waals surface area contributed by atoms with Gasteiger partial charge in [0.25, 0.3) is 0 Å². The summed E-state index contributed by atoms with van der Waals surface area (Å²) in [6, 6.07) is 11.4. The molecule has 1 saturated carbocycles. The van der Waals surface area contributed by atoms with E-state index in [0.717, 1.165) is 0 Å². The second kappa shape index (κ2) is 11.7. The Hall–Kier alpha value is -0.909. The molecule has 4 aliphatic carbocycles. The first-order valence-corrected chi connectivity index (χ1v) is 20.2. The summed E-state index contributed by atoms with van der Waals surface area (Å²) in [4.78, 5) is 0. The molecule has 5 unspecified atom stereocenters. The first-order chi connectivity index (χ1) is 17.3. The van der Waals surface area contributed by atoms with E-state index in [1.165, 1.54) is 11.1 Å². The molecule has 2 fully saturated rings. The van der Waals surface area contributed by atoms with Crippen LogP contribution in [0.5, 0.6) is 0 Å². The maximum absolute atomic E-state index is 5.50. The van der Waals surface area contributed by atoms with Crippen LogP contribution in [0.15, 0.2) is 97.2 Å². The van der Waals surface area contributed by atoms with Gasteiger partial charge in [-0.15, -0.1) is 0 Å². The molecule has 1 aromatic rings. The Morgan fingerprint density at radius 1 is 0.811 bits per heavy atom. The topological polar surface area (TPSA) is 17.3 Å². The van der Waals surface area contributed by atoms with E-state index in [-0.39, 0.29) is 19.1 Å². The SMILES string of the molecule is CC1(C)[N-]C2C(c3ccccc3)=CC=C[C@H]2N1[Si](C)(C)C1C2C=CC=CC2C2C=CC=CC21.[CH3-].[Cl][Ti][Cl]. The summed E-state index contributed by atoms with van der Waals surface area (Å²) in [6.07, 6.45) is 26.1. The fourth-order valence-corrected chi connectivity index (χ4v) is 13.3. The molecule has 1 aromatic carbocycles. The molecule has 0 spiro atoms. The summed E-state index contributed by atoms with van der Waals surface area (Å²) < 4.78 is 2.89. The van der Waals surface area contributed by atoms with E-state index in [9.17, 15) is 0 Å². The average molecular weight is 586 g/mol. The van der Waals surface area contributed by atoms with E-state index in [0.29, 0.717) is 35.3 Å². The molecular weight excluding hydrogens is 547 g/mol. The molecule has 0 amide bonds. The van der Waals surface area contributed by atoms with Crippen molar-refractivity contribution < 1.29 is 17.0 Å². The molecule has 0 N–H and O–H groups in total. The van der Waals surface area contributed by atoms with E-state index in [1.54, 1.807) is 0 Å². The van der Waals surface area contributed by atoms with Gasteiger partial charge >= 0.3 is 35.6 Å². The monoisotopic (exact) mass is 584 g/mol. The number of allylic oxidation sites excluding steroid dienone is 10. The van der Waals surface area contributed by atoms with Gasteiger partial charge in [-0.3, -0.25) is 0 Å². The predicted molar refractivity (Wildman–Crippen MR) is 160 cm³/mol. The fourth-order valence-electron chi connectivity index (χ4n) is 7.92. The van der Waals surface area contributed by atoms with Gasteiger partial charge in [0.2, 0.25) is 0 Å². The summed E-state index contributed by atoms with van der Waals surface area (Å²) in [5, 5.41) is 5.50. The molecule has 5 aliphatic rings. The van der Waals surface area contributed by atoms with Gasteiger partial charge in [0, 0.05) is 6.04 Å². The average Bonchev–Trinajstić information content (AvgIpc) is 3.36. The number of hydrogen-bond donors (Lipinski definition) is 0. The van der Waals surface area contributed by atoms with Crippen molar-refractivity contribution in [1.82, 2.24) is 4.57 Å². The number of benzene rings is 1. The van der Waals surface area contributed by atoms with Crippen LogP contribution in [-0.4, -0.2) is 30.5 Å². The van der Waals surface area contributed by atoms with Gasteiger partial charge in [-0.05, 0) is 34.8 Å². The van der Waals surface area contributed by atoms with Crippen molar-refractivity contribution >= 4 is 32.4 Å². The van der Waals surface area contributed by atoms with Gasteiger partial charge in [0.05, 0.1) is 0 Å². The van der Waals surface area contributed by atoms with E-state index in [2.05, 4.69) is 129 Å². The maximum atomic E-state index is 5.50. The molecule has 1 heterocycles. The number of nitrogens with zero attached hydrogens (tertiary/aromatic N) is 2. The third-order valence-electron chi connectivity index (χ3n) is 8.83. The summed E-state index contributed by atoms with van der Waals surface area (Å²) in [6.45, 7) is 9.97. The van der Waals surface area contributed by atoms with Crippen LogP contribution in [0.25, 0.3) is 10.9 Å². The molecular formula is C31H38Cl2N2SiTi-2. The molecule has 6 rings (SSSR count). The van der Waals surface area contributed by atoms with Crippen molar-refractivity contribution in [1.29, 1.82) is 0 Å². The van der Waals surface area contributed by atoms with Crippen molar-refractivity contribution in [2.75, 3.05) is 0 Å². The molecule has 37 heavy (non-hydrogen) atoms. The molecule has 1 saturated heterocycles. The van der Waals surface area contributed by atoms with Crippen molar-refractivity contribution in [3.8, 4) is 0 Å². The molecule has 2 nitrogen and oxygen atoms in total. The Morgan fingerprint density at radius 2 is 1.32 bits per heavy atom. The van der Waals surface area contributed by atoms with Crippen LogP contribution < -0.4 is 0 Å². The number of hydrogen-bond acceptors (Lipinski definition) is 1. The quantitative estimate of drug-likeness (QED) is 0.256. The third kappa shape index (κ3) is 5.18. The van der Waals surface area contributed by atoms with Gasteiger partial charge in [0.1, 0.15) is 8.24 Å². The van der Waals surface area contributed by atoms with Gasteiger partial charge in [-0.1, -0.05) is 141 Å². The van der Waals surface area contributed by atoms with Crippen LogP contribution in [0.2, 0.25) is 18.6 Å².